The molecule has 0 aliphatic rings. The molecule has 0 radical (unpaired) electrons. The van der Waals surface area contributed by atoms with Crippen LogP contribution in [0.3, 0.4) is 0 Å². The van der Waals surface area contributed by atoms with Crippen molar-refractivity contribution in [1.82, 2.24) is 24.3 Å². The number of alkyl halides is 1. The second kappa shape index (κ2) is 5.85. The molecule has 0 amide bonds. The number of pyridine rings is 1. The number of fused-ring (bicyclic) bond motifs is 1. The van der Waals surface area contributed by atoms with Crippen LogP contribution in [0.1, 0.15) is 24.0 Å². The number of hydrogen-bond donors (Lipinski definition) is 0. The lowest BCUT2D eigenvalue weighted by atomic mass is 10.3. The summed E-state index contributed by atoms with van der Waals surface area (Å²) in [6.45, 7) is 2.84. The SMILES string of the molecule is CCc1nn(C)c2c1nc(CCCl)n2Cc1cccnc1. The first kappa shape index (κ1) is 14.1. The van der Waals surface area contributed by atoms with E-state index in [1.165, 1.54) is 0 Å². The van der Waals surface area contributed by atoms with Gasteiger partial charge in [-0.2, -0.15) is 5.10 Å². The standard InChI is InChI=1S/C15H18ClN5/c1-3-12-14-15(20(2)19-12)21(13(18-14)6-7-16)10-11-5-4-8-17-9-11/h4-5,8-9H,3,6-7,10H2,1-2H3. The topological polar surface area (TPSA) is 48.5 Å². The Morgan fingerprint density at radius 2 is 2.19 bits per heavy atom. The molecule has 6 heteroatoms. The number of rotatable bonds is 5. The Labute approximate surface area is 128 Å². The van der Waals surface area contributed by atoms with Gasteiger partial charge in [-0.3, -0.25) is 9.67 Å². The Hall–Kier alpha value is -1.88. The smallest absolute Gasteiger partial charge is 0.158 e. The second-order valence-electron chi connectivity index (χ2n) is 5.01. The molecule has 0 aromatic carbocycles. The van der Waals surface area contributed by atoms with Gasteiger partial charge >= 0.3 is 0 Å². The predicted octanol–water partition coefficient (Wildman–Crippen LogP) is 2.56. The lowest BCUT2D eigenvalue weighted by molar-refractivity contribution is 0.687. The minimum atomic E-state index is 0.561. The van der Waals surface area contributed by atoms with Gasteiger partial charge in [0.2, 0.25) is 0 Å². The van der Waals surface area contributed by atoms with E-state index in [1.807, 2.05) is 24.0 Å². The van der Waals surface area contributed by atoms with Gasteiger partial charge in [0.25, 0.3) is 0 Å². The molecule has 0 bridgehead atoms. The minimum absolute atomic E-state index is 0.561. The van der Waals surface area contributed by atoms with Crippen LogP contribution in [0.2, 0.25) is 0 Å². The molecule has 110 valence electrons. The van der Waals surface area contributed by atoms with E-state index in [9.17, 15) is 0 Å². The zero-order valence-electron chi connectivity index (χ0n) is 12.3. The van der Waals surface area contributed by atoms with Crippen LogP contribution in [-0.4, -0.2) is 30.2 Å². The summed E-state index contributed by atoms with van der Waals surface area (Å²) in [5, 5.41) is 4.56. The lowest BCUT2D eigenvalue weighted by Gasteiger charge is -2.08. The van der Waals surface area contributed by atoms with Gasteiger partial charge < -0.3 is 4.57 Å². The van der Waals surface area contributed by atoms with Gasteiger partial charge in [0.15, 0.2) is 5.65 Å². The molecule has 0 aliphatic heterocycles. The molecule has 0 atom stereocenters. The summed E-state index contributed by atoms with van der Waals surface area (Å²) in [7, 11) is 1.97. The van der Waals surface area contributed by atoms with E-state index < -0.39 is 0 Å². The van der Waals surface area contributed by atoms with Gasteiger partial charge in [-0.15, -0.1) is 11.6 Å². The highest BCUT2D eigenvalue weighted by Gasteiger charge is 2.18. The van der Waals surface area contributed by atoms with Crippen LogP contribution in [0, 0.1) is 0 Å². The normalized spacial score (nSPS) is 11.4. The van der Waals surface area contributed by atoms with Crippen LogP contribution in [0.4, 0.5) is 0 Å². The molecule has 3 rings (SSSR count). The summed E-state index contributed by atoms with van der Waals surface area (Å²) in [6.07, 6.45) is 5.29. The van der Waals surface area contributed by atoms with Gasteiger partial charge in [-0.25, -0.2) is 4.98 Å². The molecule has 5 nitrogen and oxygen atoms in total. The van der Waals surface area contributed by atoms with Gasteiger partial charge in [-0.1, -0.05) is 13.0 Å². The summed E-state index contributed by atoms with van der Waals surface area (Å²) >= 11 is 5.93. The molecular weight excluding hydrogens is 286 g/mol. The predicted molar refractivity (Wildman–Crippen MR) is 83.6 cm³/mol. The Balaban J connectivity index is 2.13. The largest absolute Gasteiger partial charge is 0.308 e. The summed E-state index contributed by atoms with van der Waals surface area (Å²) in [5.41, 5.74) is 4.22. The fraction of sp³-hybridized carbons (Fsp3) is 0.400. The third kappa shape index (κ3) is 2.53. The average Bonchev–Trinajstić information content (AvgIpc) is 2.99. The average molecular weight is 304 g/mol. The molecule has 0 spiro atoms. The maximum atomic E-state index is 5.93. The molecule has 3 heterocycles. The first-order valence-corrected chi connectivity index (χ1v) is 7.64. The molecule has 0 unspecified atom stereocenters. The van der Waals surface area contributed by atoms with Crippen molar-refractivity contribution in [3.8, 4) is 0 Å². The first-order valence-electron chi connectivity index (χ1n) is 7.10. The van der Waals surface area contributed by atoms with Crippen molar-refractivity contribution >= 4 is 22.8 Å². The monoisotopic (exact) mass is 303 g/mol. The molecular formula is C15H18ClN5. The summed E-state index contributed by atoms with van der Waals surface area (Å²) in [4.78, 5) is 8.95. The quantitative estimate of drug-likeness (QED) is 0.681. The number of aromatic nitrogens is 5. The van der Waals surface area contributed by atoms with Crippen molar-refractivity contribution in [1.29, 1.82) is 0 Å². The molecule has 21 heavy (non-hydrogen) atoms. The summed E-state index contributed by atoms with van der Waals surface area (Å²) < 4.78 is 4.11. The highest BCUT2D eigenvalue weighted by Crippen LogP contribution is 2.21. The molecule has 0 aliphatic carbocycles. The first-order chi connectivity index (χ1) is 10.2. The Bertz CT molecular complexity index is 744. The third-order valence-electron chi connectivity index (χ3n) is 3.59. The highest BCUT2D eigenvalue weighted by atomic mass is 35.5. The van der Waals surface area contributed by atoms with Crippen molar-refractivity contribution < 1.29 is 0 Å². The summed E-state index contributed by atoms with van der Waals surface area (Å²) in [6, 6.07) is 4.02. The number of hydrogen-bond acceptors (Lipinski definition) is 3. The van der Waals surface area contributed by atoms with Gasteiger partial charge in [-0.05, 0) is 18.1 Å². The Kier molecular flexibility index (Phi) is 3.92. The van der Waals surface area contributed by atoms with E-state index in [0.29, 0.717) is 5.88 Å². The van der Waals surface area contributed by atoms with E-state index in [0.717, 1.165) is 47.6 Å². The maximum absolute atomic E-state index is 5.93. The zero-order chi connectivity index (χ0) is 14.8. The number of imidazole rings is 1. The molecule has 0 fully saturated rings. The maximum Gasteiger partial charge on any atom is 0.158 e. The molecule has 0 N–H and O–H groups in total. The van der Waals surface area contributed by atoms with Crippen LogP contribution in [0.15, 0.2) is 24.5 Å². The van der Waals surface area contributed by atoms with Crippen molar-refractivity contribution in [2.45, 2.75) is 26.3 Å². The van der Waals surface area contributed by atoms with E-state index in [1.54, 1.807) is 6.20 Å². The molecule has 0 saturated carbocycles. The summed E-state index contributed by atoms with van der Waals surface area (Å²) in [5.74, 6) is 1.57. The lowest BCUT2D eigenvalue weighted by Crippen LogP contribution is -2.09. The van der Waals surface area contributed by atoms with Crippen LogP contribution in [0.5, 0.6) is 0 Å². The molecule has 3 aromatic rings. The number of halogens is 1. The molecule has 0 saturated heterocycles. The van der Waals surface area contributed by atoms with Crippen molar-refractivity contribution in [2.75, 3.05) is 5.88 Å². The van der Waals surface area contributed by atoms with Crippen molar-refractivity contribution in [3.63, 3.8) is 0 Å². The van der Waals surface area contributed by atoms with Gasteiger partial charge in [0.1, 0.15) is 11.3 Å². The second-order valence-corrected chi connectivity index (χ2v) is 5.39. The van der Waals surface area contributed by atoms with Crippen molar-refractivity contribution in [2.24, 2.45) is 7.05 Å². The number of nitrogens with zero attached hydrogens (tertiary/aromatic N) is 5. The fourth-order valence-corrected chi connectivity index (χ4v) is 2.81. The third-order valence-corrected chi connectivity index (χ3v) is 3.78. The fourth-order valence-electron chi connectivity index (χ4n) is 2.64. The van der Waals surface area contributed by atoms with E-state index >= 15 is 0 Å². The zero-order valence-corrected chi connectivity index (χ0v) is 13.0. The van der Waals surface area contributed by atoms with Crippen LogP contribution >= 0.6 is 11.6 Å². The van der Waals surface area contributed by atoms with Gasteiger partial charge in [0, 0.05) is 31.7 Å². The van der Waals surface area contributed by atoms with Crippen LogP contribution in [-0.2, 0) is 26.4 Å². The van der Waals surface area contributed by atoms with Crippen LogP contribution in [0.25, 0.3) is 11.2 Å². The Morgan fingerprint density at radius 1 is 1.33 bits per heavy atom. The van der Waals surface area contributed by atoms with Crippen molar-refractivity contribution in [3.05, 3.63) is 41.6 Å². The van der Waals surface area contributed by atoms with E-state index in [2.05, 4.69) is 27.6 Å². The highest BCUT2D eigenvalue weighted by molar-refractivity contribution is 6.17. The van der Waals surface area contributed by atoms with Crippen LogP contribution < -0.4 is 0 Å². The minimum Gasteiger partial charge on any atom is -0.308 e. The van der Waals surface area contributed by atoms with E-state index in [4.69, 9.17) is 16.6 Å². The Morgan fingerprint density at radius 3 is 2.86 bits per heavy atom. The number of aryl methyl sites for hydroxylation is 3. The van der Waals surface area contributed by atoms with Gasteiger partial charge in [0.05, 0.1) is 12.2 Å². The van der Waals surface area contributed by atoms with E-state index in [-0.39, 0.29) is 0 Å². The molecule has 3 aromatic heterocycles.